The number of hydrogen-bond acceptors (Lipinski definition) is 4. The van der Waals surface area contributed by atoms with Gasteiger partial charge in [-0.15, -0.1) is 0 Å². The molecule has 1 aromatic heterocycles. The summed E-state index contributed by atoms with van der Waals surface area (Å²) in [6.07, 6.45) is 0. The van der Waals surface area contributed by atoms with Crippen LogP contribution in [0.15, 0.2) is 51.7 Å². The van der Waals surface area contributed by atoms with E-state index in [4.69, 9.17) is 20.8 Å². The minimum absolute atomic E-state index is 0.147. The van der Waals surface area contributed by atoms with Crippen molar-refractivity contribution in [2.24, 2.45) is 0 Å². The molecule has 0 aliphatic carbocycles. The van der Waals surface area contributed by atoms with Crippen molar-refractivity contribution in [3.8, 4) is 17.1 Å². The highest BCUT2D eigenvalue weighted by Gasteiger charge is 2.20. The van der Waals surface area contributed by atoms with Gasteiger partial charge in [-0.05, 0) is 36.8 Å². The SMILES string of the molecule is CC(=O)Oc1c(-c2ccccc2Cl)oc2cc(C)ccc2c1=O. The Hall–Kier alpha value is -2.59. The number of aryl methyl sites for hydroxylation is 1. The molecule has 0 fully saturated rings. The fourth-order valence-corrected chi connectivity index (χ4v) is 2.56. The minimum atomic E-state index is -0.600. The molecule has 116 valence electrons. The number of hydrogen-bond donors (Lipinski definition) is 0. The number of carbonyl (C=O) groups excluding carboxylic acids is 1. The summed E-state index contributed by atoms with van der Waals surface area (Å²) in [6, 6.07) is 12.1. The van der Waals surface area contributed by atoms with E-state index in [9.17, 15) is 9.59 Å². The van der Waals surface area contributed by atoms with Crippen LogP contribution in [0.25, 0.3) is 22.3 Å². The second-order valence-electron chi connectivity index (χ2n) is 5.16. The summed E-state index contributed by atoms with van der Waals surface area (Å²) >= 11 is 6.20. The predicted molar refractivity (Wildman–Crippen MR) is 89.0 cm³/mol. The Bertz CT molecular complexity index is 972. The van der Waals surface area contributed by atoms with Crippen molar-refractivity contribution < 1.29 is 13.9 Å². The first-order valence-corrected chi connectivity index (χ1v) is 7.36. The van der Waals surface area contributed by atoms with Gasteiger partial charge in [0.1, 0.15) is 5.58 Å². The van der Waals surface area contributed by atoms with Gasteiger partial charge in [-0.1, -0.05) is 29.8 Å². The molecule has 0 bridgehead atoms. The summed E-state index contributed by atoms with van der Waals surface area (Å²) in [7, 11) is 0. The van der Waals surface area contributed by atoms with E-state index in [1.54, 1.807) is 42.5 Å². The molecule has 4 nitrogen and oxygen atoms in total. The summed E-state index contributed by atoms with van der Waals surface area (Å²) in [5.41, 5.74) is 1.45. The molecular formula is C18H13ClO4. The van der Waals surface area contributed by atoms with E-state index in [-0.39, 0.29) is 11.5 Å². The van der Waals surface area contributed by atoms with E-state index < -0.39 is 11.4 Å². The monoisotopic (exact) mass is 328 g/mol. The van der Waals surface area contributed by atoms with E-state index in [1.165, 1.54) is 6.92 Å². The van der Waals surface area contributed by atoms with Gasteiger partial charge in [0.25, 0.3) is 0 Å². The largest absolute Gasteiger partial charge is 0.452 e. The predicted octanol–water partition coefficient (Wildman–Crippen LogP) is 4.35. The Labute approximate surface area is 137 Å². The average Bonchev–Trinajstić information content (AvgIpc) is 2.50. The molecule has 3 aromatic rings. The van der Waals surface area contributed by atoms with Crippen molar-refractivity contribution in [1.82, 2.24) is 0 Å². The van der Waals surface area contributed by atoms with Gasteiger partial charge in [-0.2, -0.15) is 0 Å². The van der Waals surface area contributed by atoms with Crippen molar-refractivity contribution in [2.45, 2.75) is 13.8 Å². The smallest absolute Gasteiger partial charge is 0.308 e. The van der Waals surface area contributed by atoms with Gasteiger partial charge in [0.05, 0.1) is 10.4 Å². The van der Waals surface area contributed by atoms with Gasteiger partial charge in [-0.25, -0.2) is 0 Å². The zero-order chi connectivity index (χ0) is 16.6. The first-order chi connectivity index (χ1) is 11.0. The van der Waals surface area contributed by atoms with Crippen LogP contribution in [0, 0.1) is 6.92 Å². The second-order valence-corrected chi connectivity index (χ2v) is 5.57. The standard InChI is InChI=1S/C18H13ClO4/c1-10-7-8-13-15(9-10)23-17(12-5-3-4-6-14(12)19)18(16(13)21)22-11(2)20/h3-9H,1-2H3. The third kappa shape index (κ3) is 2.85. The molecule has 0 saturated heterocycles. The van der Waals surface area contributed by atoms with Crippen LogP contribution in [0.1, 0.15) is 12.5 Å². The number of carbonyl (C=O) groups is 1. The van der Waals surface area contributed by atoms with E-state index in [0.717, 1.165) is 5.56 Å². The van der Waals surface area contributed by atoms with E-state index in [1.807, 2.05) is 6.92 Å². The van der Waals surface area contributed by atoms with Gasteiger partial charge in [0.15, 0.2) is 5.76 Å². The molecule has 0 spiro atoms. The van der Waals surface area contributed by atoms with Crippen LogP contribution in [0.2, 0.25) is 5.02 Å². The first-order valence-electron chi connectivity index (χ1n) is 6.98. The molecule has 23 heavy (non-hydrogen) atoms. The molecule has 1 heterocycles. The molecule has 0 atom stereocenters. The van der Waals surface area contributed by atoms with Crippen LogP contribution in [0.4, 0.5) is 0 Å². The summed E-state index contributed by atoms with van der Waals surface area (Å²) in [5, 5.41) is 0.749. The number of halogens is 1. The topological polar surface area (TPSA) is 56.5 Å². The van der Waals surface area contributed by atoms with Crippen molar-refractivity contribution >= 4 is 28.5 Å². The van der Waals surface area contributed by atoms with Crippen molar-refractivity contribution in [2.75, 3.05) is 0 Å². The molecule has 0 aliphatic rings. The third-order valence-corrected chi connectivity index (χ3v) is 3.70. The third-order valence-electron chi connectivity index (χ3n) is 3.37. The van der Waals surface area contributed by atoms with Gasteiger partial charge >= 0.3 is 5.97 Å². The maximum Gasteiger partial charge on any atom is 0.308 e. The Morgan fingerprint density at radius 1 is 1.17 bits per heavy atom. The Balaban J connectivity index is 2.40. The summed E-state index contributed by atoms with van der Waals surface area (Å²) in [4.78, 5) is 24.1. The highest BCUT2D eigenvalue weighted by molar-refractivity contribution is 6.33. The Morgan fingerprint density at radius 3 is 2.61 bits per heavy atom. The number of ether oxygens (including phenoxy) is 1. The molecule has 2 aromatic carbocycles. The number of benzene rings is 2. The maximum absolute atomic E-state index is 12.7. The van der Waals surface area contributed by atoms with Crippen LogP contribution in [-0.4, -0.2) is 5.97 Å². The van der Waals surface area contributed by atoms with Gasteiger partial charge < -0.3 is 9.15 Å². The molecule has 0 amide bonds. The molecule has 3 rings (SSSR count). The second kappa shape index (κ2) is 5.89. The Kier molecular flexibility index (Phi) is 3.92. The van der Waals surface area contributed by atoms with Crippen LogP contribution in [0.3, 0.4) is 0 Å². The molecule has 0 saturated carbocycles. The van der Waals surface area contributed by atoms with Crippen LogP contribution in [-0.2, 0) is 4.79 Å². The fourth-order valence-electron chi connectivity index (χ4n) is 2.34. The van der Waals surface area contributed by atoms with Crippen molar-refractivity contribution in [3.63, 3.8) is 0 Å². The number of fused-ring (bicyclic) bond motifs is 1. The maximum atomic E-state index is 12.7. The summed E-state index contributed by atoms with van der Waals surface area (Å²) in [6.45, 7) is 3.13. The normalized spacial score (nSPS) is 10.7. The molecular weight excluding hydrogens is 316 g/mol. The van der Waals surface area contributed by atoms with Crippen LogP contribution >= 0.6 is 11.6 Å². The summed E-state index contributed by atoms with van der Waals surface area (Å²) < 4.78 is 11.0. The average molecular weight is 329 g/mol. The van der Waals surface area contributed by atoms with Gasteiger partial charge in [0, 0.05) is 12.5 Å². The lowest BCUT2D eigenvalue weighted by molar-refractivity contribution is -0.131. The van der Waals surface area contributed by atoms with E-state index >= 15 is 0 Å². The summed E-state index contributed by atoms with van der Waals surface area (Å²) in [5.74, 6) is -0.604. The zero-order valence-electron chi connectivity index (χ0n) is 12.6. The number of rotatable bonds is 2. The highest BCUT2D eigenvalue weighted by Crippen LogP contribution is 2.35. The highest BCUT2D eigenvalue weighted by atomic mass is 35.5. The van der Waals surface area contributed by atoms with Crippen LogP contribution in [0.5, 0.6) is 5.75 Å². The molecule has 0 aliphatic heterocycles. The zero-order valence-corrected chi connectivity index (χ0v) is 13.3. The Morgan fingerprint density at radius 2 is 1.91 bits per heavy atom. The van der Waals surface area contributed by atoms with Crippen LogP contribution < -0.4 is 10.2 Å². The fraction of sp³-hybridized carbons (Fsp3) is 0.111. The molecule has 5 heteroatoms. The lowest BCUT2D eigenvalue weighted by Gasteiger charge is -2.10. The lowest BCUT2D eigenvalue weighted by Crippen LogP contribution is -2.13. The molecule has 0 N–H and O–H groups in total. The van der Waals surface area contributed by atoms with Gasteiger partial charge in [0.2, 0.25) is 11.2 Å². The first kappa shape index (κ1) is 15.3. The van der Waals surface area contributed by atoms with Gasteiger partial charge in [-0.3, -0.25) is 9.59 Å². The van der Waals surface area contributed by atoms with Crippen molar-refractivity contribution in [3.05, 3.63) is 63.3 Å². The molecule has 0 unspecified atom stereocenters. The van der Waals surface area contributed by atoms with E-state index in [0.29, 0.717) is 21.6 Å². The van der Waals surface area contributed by atoms with E-state index in [2.05, 4.69) is 0 Å². The van der Waals surface area contributed by atoms with Crippen molar-refractivity contribution in [1.29, 1.82) is 0 Å². The minimum Gasteiger partial charge on any atom is -0.452 e. The lowest BCUT2D eigenvalue weighted by atomic mass is 10.1. The number of esters is 1. The molecule has 0 radical (unpaired) electrons. The quantitative estimate of drug-likeness (QED) is 0.656.